The standard InChI is InChI=1S/C30H52/c1-25(2)15-9-17-27(5)21(25)13-19-29(7)23(27)11-12-24-28(6)18-10-16-26(3,4)22(28)14-20-30(24,29)8/h21-24H,9-20H2,1-8H3/t21-,22+,23+,24-,27-,28-,29+,30+/m0/s1. The molecule has 0 heterocycles. The fraction of sp³-hybridized carbons (Fsp3) is 1.00. The Hall–Kier alpha value is 0. The minimum Gasteiger partial charge on any atom is -0.0596 e. The molecule has 0 unspecified atom stereocenters. The van der Waals surface area contributed by atoms with Gasteiger partial charge in [0.1, 0.15) is 0 Å². The van der Waals surface area contributed by atoms with Crippen molar-refractivity contribution in [2.75, 3.05) is 0 Å². The van der Waals surface area contributed by atoms with Gasteiger partial charge in [-0.1, -0.05) is 68.2 Å². The third kappa shape index (κ3) is 2.52. The van der Waals surface area contributed by atoms with E-state index in [0.29, 0.717) is 32.5 Å². The van der Waals surface area contributed by atoms with Crippen molar-refractivity contribution in [1.82, 2.24) is 0 Å². The second kappa shape index (κ2) is 6.32. The third-order valence-electron chi connectivity index (χ3n) is 13.6. The molecule has 0 saturated heterocycles. The first-order valence-electron chi connectivity index (χ1n) is 13.8. The van der Waals surface area contributed by atoms with Crippen molar-refractivity contribution in [3.8, 4) is 0 Å². The van der Waals surface area contributed by atoms with Gasteiger partial charge in [-0.3, -0.25) is 0 Å². The van der Waals surface area contributed by atoms with Crippen LogP contribution in [0.2, 0.25) is 0 Å². The Labute approximate surface area is 188 Å². The predicted molar refractivity (Wildman–Crippen MR) is 129 cm³/mol. The summed E-state index contributed by atoms with van der Waals surface area (Å²) >= 11 is 0. The number of hydrogen-bond donors (Lipinski definition) is 0. The van der Waals surface area contributed by atoms with Crippen molar-refractivity contribution < 1.29 is 0 Å². The smallest absolute Gasteiger partial charge is 0.0235 e. The van der Waals surface area contributed by atoms with E-state index in [1.165, 1.54) is 77.0 Å². The van der Waals surface area contributed by atoms with Gasteiger partial charge in [0.2, 0.25) is 0 Å². The average Bonchev–Trinajstić information content (AvgIpc) is 2.61. The van der Waals surface area contributed by atoms with Gasteiger partial charge in [0.05, 0.1) is 0 Å². The zero-order valence-electron chi connectivity index (χ0n) is 21.8. The molecule has 0 bridgehead atoms. The molecule has 30 heavy (non-hydrogen) atoms. The van der Waals surface area contributed by atoms with Gasteiger partial charge >= 0.3 is 0 Å². The van der Waals surface area contributed by atoms with Gasteiger partial charge in [0, 0.05) is 0 Å². The van der Waals surface area contributed by atoms with E-state index in [1.807, 2.05) is 0 Å². The lowest BCUT2D eigenvalue weighted by atomic mass is 9.30. The topological polar surface area (TPSA) is 0 Å². The van der Waals surface area contributed by atoms with Crippen molar-refractivity contribution in [2.45, 2.75) is 132 Å². The van der Waals surface area contributed by atoms with Crippen LogP contribution in [0.25, 0.3) is 0 Å². The molecular formula is C30H52. The Morgan fingerprint density at radius 3 is 1.13 bits per heavy atom. The SMILES string of the molecule is CC1(C)CCC[C@@]2(C)[C@@H]1CC[C@]1(C)[C@H]2CC[C@@H]2[C@@]3(C)CCCC(C)(C)[C@@H]3CC[C@]21C. The lowest BCUT2D eigenvalue weighted by Crippen LogP contribution is -2.67. The second-order valence-electron chi connectivity index (χ2n) is 15.4. The summed E-state index contributed by atoms with van der Waals surface area (Å²) in [6.45, 7) is 21.6. The molecule has 8 atom stereocenters. The van der Waals surface area contributed by atoms with Crippen LogP contribution >= 0.6 is 0 Å². The molecule has 0 radical (unpaired) electrons. The molecule has 5 aliphatic rings. The van der Waals surface area contributed by atoms with Gasteiger partial charge in [-0.15, -0.1) is 0 Å². The fourth-order valence-corrected chi connectivity index (χ4v) is 12.3. The number of hydrogen-bond acceptors (Lipinski definition) is 0. The van der Waals surface area contributed by atoms with E-state index in [2.05, 4.69) is 55.4 Å². The van der Waals surface area contributed by atoms with Crippen molar-refractivity contribution in [2.24, 2.45) is 56.2 Å². The van der Waals surface area contributed by atoms with Crippen LogP contribution in [0.4, 0.5) is 0 Å². The maximum absolute atomic E-state index is 2.81. The zero-order chi connectivity index (χ0) is 21.8. The molecule has 0 aromatic carbocycles. The molecule has 5 fully saturated rings. The molecule has 0 aromatic rings. The van der Waals surface area contributed by atoms with Crippen molar-refractivity contribution in [3.05, 3.63) is 0 Å². The van der Waals surface area contributed by atoms with E-state index >= 15 is 0 Å². The third-order valence-corrected chi connectivity index (χ3v) is 13.6. The van der Waals surface area contributed by atoms with E-state index in [0.717, 1.165) is 23.7 Å². The highest BCUT2D eigenvalue weighted by Crippen LogP contribution is 2.78. The fourth-order valence-electron chi connectivity index (χ4n) is 12.3. The monoisotopic (exact) mass is 412 g/mol. The van der Waals surface area contributed by atoms with Gasteiger partial charge in [0.15, 0.2) is 0 Å². The van der Waals surface area contributed by atoms with Gasteiger partial charge in [-0.05, 0) is 120 Å². The molecule has 0 heteroatoms. The summed E-state index contributed by atoms with van der Waals surface area (Å²) in [6.07, 6.45) is 18.0. The van der Waals surface area contributed by atoms with Gasteiger partial charge < -0.3 is 0 Å². The lowest BCUT2D eigenvalue weighted by molar-refractivity contribution is -0.256. The summed E-state index contributed by atoms with van der Waals surface area (Å²) in [7, 11) is 0. The normalized spacial score (nSPS) is 56.8. The summed E-state index contributed by atoms with van der Waals surface area (Å²) in [5.74, 6) is 3.83. The minimum atomic E-state index is 0.559. The molecule has 0 aromatic heterocycles. The summed E-state index contributed by atoms with van der Waals surface area (Å²) in [5, 5.41) is 0. The summed E-state index contributed by atoms with van der Waals surface area (Å²) in [6, 6.07) is 0. The molecule has 0 nitrogen and oxygen atoms in total. The van der Waals surface area contributed by atoms with Crippen LogP contribution < -0.4 is 0 Å². The van der Waals surface area contributed by atoms with E-state index in [9.17, 15) is 0 Å². The molecule has 0 spiro atoms. The van der Waals surface area contributed by atoms with Crippen LogP contribution in [-0.2, 0) is 0 Å². The first-order valence-corrected chi connectivity index (χ1v) is 13.8. The van der Waals surface area contributed by atoms with Gasteiger partial charge in [-0.2, -0.15) is 0 Å². The van der Waals surface area contributed by atoms with Crippen LogP contribution in [0.3, 0.4) is 0 Å². The molecule has 0 N–H and O–H groups in total. The predicted octanol–water partition coefficient (Wildman–Crippen LogP) is 9.28. The molecule has 5 saturated carbocycles. The zero-order valence-corrected chi connectivity index (χ0v) is 21.8. The van der Waals surface area contributed by atoms with E-state index in [4.69, 9.17) is 0 Å². The van der Waals surface area contributed by atoms with Crippen LogP contribution in [0, 0.1) is 56.2 Å². The van der Waals surface area contributed by atoms with Crippen molar-refractivity contribution in [3.63, 3.8) is 0 Å². The second-order valence-corrected chi connectivity index (χ2v) is 15.4. The highest BCUT2D eigenvalue weighted by molar-refractivity contribution is 5.18. The Bertz CT molecular complexity index is 641. The van der Waals surface area contributed by atoms with Crippen LogP contribution in [0.15, 0.2) is 0 Å². The highest BCUT2D eigenvalue weighted by Gasteiger charge is 2.70. The largest absolute Gasteiger partial charge is 0.0596 e. The highest BCUT2D eigenvalue weighted by atomic mass is 14.7. The Balaban J connectivity index is 1.55. The Kier molecular flexibility index (Phi) is 4.59. The number of fused-ring (bicyclic) bond motifs is 7. The summed E-state index contributed by atoms with van der Waals surface area (Å²) in [5.41, 5.74) is 3.42. The van der Waals surface area contributed by atoms with Crippen LogP contribution in [-0.4, -0.2) is 0 Å². The minimum absolute atomic E-state index is 0.559. The van der Waals surface area contributed by atoms with E-state index < -0.39 is 0 Å². The molecule has 0 aliphatic heterocycles. The molecular weight excluding hydrogens is 360 g/mol. The summed E-state index contributed by atoms with van der Waals surface area (Å²) < 4.78 is 0. The Morgan fingerprint density at radius 1 is 0.400 bits per heavy atom. The van der Waals surface area contributed by atoms with Crippen molar-refractivity contribution in [1.29, 1.82) is 0 Å². The lowest BCUT2D eigenvalue weighted by Gasteiger charge is -2.74. The molecule has 0 amide bonds. The number of rotatable bonds is 0. The van der Waals surface area contributed by atoms with Gasteiger partial charge in [0.25, 0.3) is 0 Å². The maximum atomic E-state index is 2.81. The van der Waals surface area contributed by atoms with E-state index in [-0.39, 0.29) is 0 Å². The summed E-state index contributed by atoms with van der Waals surface area (Å²) in [4.78, 5) is 0. The van der Waals surface area contributed by atoms with Crippen molar-refractivity contribution >= 4 is 0 Å². The molecule has 172 valence electrons. The first kappa shape index (κ1) is 21.8. The van der Waals surface area contributed by atoms with Crippen LogP contribution in [0.1, 0.15) is 132 Å². The van der Waals surface area contributed by atoms with Gasteiger partial charge in [-0.25, -0.2) is 0 Å². The van der Waals surface area contributed by atoms with E-state index in [1.54, 1.807) is 0 Å². The quantitative estimate of drug-likeness (QED) is 0.372. The molecule has 5 rings (SSSR count). The first-order chi connectivity index (χ1) is 13.8. The molecule has 5 aliphatic carbocycles. The Morgan fingerprint density at radius 2 is 0.767 bits per heavy atom. The maximum Gasteiger partial charge on any atom is -0.0235 e. The average molecular weight is 413 g/mol. The van der Waals surface area contributed by atoms with Crippen LogP contribution in [0.5, 0.6) is 0 Å².